The molecule has 1 aromatic carbocycles. The average Bonchev–Trinajstić information content (AvgIpc) is 3.14. The first-order valence-electron chi connectivity index (χ1n) is 9.37. The number of carbonyl (C=O) groups is 1. The van der Waals surface area contributed by atoms with Crippen LogP contribution in [0.25, 0.3) is 0 Å². The SMILES string of the molecule is CC1CC(C)CN(S(=O)(=O)c2cccc(C(=O)N(C)C3CCNC3)c2)C1.Cl. The maximum Gasteiger partial charge on any atom is 0.253 e. The Balaban J connectivity index is 0.00000261. The minimum Gasteiger partial charge on any atom is -0.337 e. The summed E-state index contributed by atoms with van der Waals surface area (Å²) in [6.07, 6.45) is 1.97. The van der Waals surface area contributed by atoms with Crippen molar-refractivity contribution in [3.05, 3.63) is 29.8 Å². The van der Waals surface area contributed by atoms with Crippen LogP contribution in [0.2, 0.25) is 0 Å². The van der Waals surface area contributed by atoms with E-state index in [-0.39, 0.29) is 29.3 Å². The number of halogens is 1. The molecule has 1 aromatic rings. The average molecular weight is 416 g/mol. The molecule has 2 fully saturated rings. The summed E-state index contributed by atoms with van der Waals surface area (Å²) in [5, 5.41) is 3.25. The molecule has 2 heterocycles. The van der Waals surface area contributed by atoms with Crippen molar-refractivity contribution >= 4 is 28.3 Å². The number of likely N-dealkylation sites (N-methyl/N-ethyl adjacent to an activating group) is 1. The predicted molar refractivity (Wildman–Crippen MR) is 109 cm³/mol. The van der Waals surface area contributed by atoms with Crippen LogP contribution in [-0.2, 0) is 10.0 Å². The summed E-state index contributed by atoms with van der Waals surface area (Å²) in [4.78, 5) is 14.7. The van der Waals surface area contributed by atoms with Gasteiger partial charge in [-0.3, -0.25) is 4.79 Å². The van der Waals surface area contributed by atoms with Gasteiger partial charge in [0.15, 0.2) is 0 Å². The van der Waals surface area contributed by atoms with Gasteiger partial charge in [-0.05, 0) is 49.4 Å². The van der Waals surface area contributed by atoms with Gasteiger partial charge >= 0.3 is 0 Å². The minimum absolute atomic E-state index is 0. The van der Waals surface area contributed by atoms with Crippen LogP contribution in [0.5, 0.6) is 0 Å². The van der Waals surface area contributed by atoms with Gasteiger partial charge in [-0.1, -0.05) is 19.9 Å². The number of hydrogen-bond acceptors (Lipinski definition) is 4. The molecule has 8 heteroatoms. The second kappa shape index (κ2) is 8.90. The fraction of sp³-hybridized carbons (Fsp3) is 0.632. The van der Waals surface area contributed by atoms with Gasteiger partial charge in [0.2, 0.25) is 10.0 Å². The molecule has 0 radical (unpaired) electrons. The monoisotopic (exact) mass is 415 g/mol. The van der Waals surface area contributed by atoms with Crippen molar-refractivity contribution in [3.8, 4) is 0 Å². The maximum absolute atomic E-state index is 13.1. The van der Waals surface area contributed by atoms with Crippen LogP contribution in [0.15, 0.2) is 29.2 Å². The maximum atomic E-state index is 13.1. The van der Waals surface area contributed by atoms with Gasteiger partial charge in [0.25, 0.3) is 5.91 Å². The summed E-state index contributed by atoms with van der Waals surface area (Å²) in [5.74, 6) is 0.565. The zero-order valence-corrected chi connectivity index (χ0v) is 17.9. The number of carbonyl (C=O) groups excluding carboxylic acids is 1. The molecule has 0 aliphatic carbocycles. The van der Waals surface area contributed by atoms with E-state index in [4.69, 9.17) is 0 Å². The Morgan fingerprint density at radius 1 is 1.22 bits per heavy atom. The summed E-state index contributed by atoms with van der Waals surface area (Å²) in [6.45, 7) is 6.94. The molecule has 0 spiro atoms. The van der Waals surface area contributed by atoms with Gasteiger partial charge in [-0.2, -0.15) is 4.31 Å². The van der Waals surface area contributed by atoms with Crippen LogP contribution in [0.1, 0.15) is 37.0 Å². The first-order valence-corrected chi connectivity index (χ1v) is 10.8. The van der Waals surface area contributed by atoms with Crippen LogP contribution in [0.3, 0.4) is 0 Å². The lowest BCUT2D eigenvalue weighted by atomic mass is 9.94. The highest BCUT2D eigenvalue weighted by Crippen LogP contribution is 2.27. The molecular formula is C19H30ClN3O3S. The molecule has 2 aliphatic rings. The van der Waals surface area contributed by atoms with E-state index in [2.05, 4.69) is 19.2 Å². The van der Waals surface area contributed by atoms with Crippen LogP contribution < -0.4 is 5.32 Å². The lowest BCUT2D eigenvalue weighted by Crippen LogP contribution is -2.42. The highest BCUT2D eigenvalue weighted by molar-refractivity contribution is 7.89. The summed E-state index contributed by atoms with van der Waals surface area (Å²) in [7, 11) is -1.79. The number of sulfonamides is 1. The summed E-state index contributed by atoms with van der Waals surface area (Å²) < 4.78 is 27.7. The Kier molecular flexibility index (Phi) is 7.30. The van der Waals surface area contributed by atoms with Gasteiger partial charge in [0, 0.05) is 38.3 Å². The zero-order valence-electron chi connectivity index (χ0n) is 16.2. The van der Waals surface area contributed by atoms with E-state index in [0.29, 0.717) is 30.5 Å². The molecule has 2 aliphatic heterocycles. The van der Waals surface area contributed by atoms with E-state index in [1.165, 1.54) is 6.07 Å². The molecule has 2 saturated heterocycles. The molecule has 3 atom stereocenters. The number of nitrogens with zero attached hydrogens (tertiary/aromatic N) is 2. The predicted octanol–water partition coefficient (Wildman–Crippen LogP) is 2.21. The Labute approximate surface area is 168 Å². The quantitative estimate of drug-likeness (QED) is 0.818. The van der Waals surface area contributed by atoms with Gasteiger partial charge in [-0.25, -0.2) is 8.42 Å². The van der Waals surface area contributed by atoms with E-state index in [0.717, 1.165) is 25.9 Å². The largest absolute Gasteiger partial charge is 0.337 e. The summed E-state index contributed by atoms with van der Waals surface area (Å²) >= 11 is 0. The lowest BCUT2D eigenvalue weighted by molar-refractivity contribution is 0.0743. The smallest absolute Gasteiger partial charge is 0.253 e. The van der Waals surface area contributed by atoms with Crippen molar-refractivity contribution in [2.75, 3.05) is 33.2 Å². The van der Waals surface area contributed by atoms with E-state index >= 15 is 0 Å². The summed E-state index contributed by atoms with van der Waals surface area (Å²) in [5.41, 5.74) is 0.429. The molecule has 3 rings (SSSR count). The topological polar surface area (TPSA) is 69.7 Å². The minimum atomic E-state index is -3.58. The van der Waals surface area contributed by atoms with E-state index in [9.17, 15) is 13.2 Å². The van der Waals surface area contributed by atoms with Crippen LogP contribution in [0, 0.1) is 11.8 Å². The molecule has 6 nitrogen and oxygen atoms in total. The lowest BCUT2D eigenvalue weighted by Gasteiger charge is -2.34. The molecule has 152 valence electrons. The third-order valence-corrected chi connectivity index (χ3v) is 7.28. The normalized spacial score (nSPS) is 26.4. The first-order chi connectivity index (χ1) is 12.3. The van der Waals surface area contributed by atoms with E-state index in [1.54, 1.807) is 34.5 Å². The van der Waals surface area contributed by atoms with Crippen molar-refractivity contribution in [2.45, 2.75) is 37.6 Å². The zero-order chi connectivity index (χ0) is 18.9. The van der Waals surface area contributed by atoms with E-state index < -0.39 is 10.0 Å². The molecule has 0 aromatic heterocycles. The number of rotatable bonds is 4. The van der Waals surface area contributed by atoms with Crippen molar-refractivity contribution in [3.63, 3.8) is 0 Å². The highest BCUT2D eigenvalue weighted by atomic mass is 35.5. The van der Waals surface area contributed by atoms with Crippen molar-refractivity contribution in [1.82, 2.24) is 14.5 Å². The molecule has 1 N–H and O–H groups in total. The Hall–Kier alpha value is -1.15. The number of piperidine rings is 1. The summed E-state index contributed by atoms with van der Waals surface area (Å²) in [6, 6.07) is 6.64. The number of hydrogen-bond donors (Lipinski definition) is 1. The number of benzene rings is 1. The van der Waals surface area contributed by atoms with Gasteiger partial charge < -0.3 is 10.2 Å². The second-order valence-electron chi connectivity index (χ2n) is 7.86. The van der Waals surface area contributed by atoms with Gasteiger partial charge in [0.1, 0.15) is 0 Å². The number of nitrogens with one attached hydrogen (secondary N) is 1. The molecule has 27 heavy (non-hydrogen) atoms. The van der Waals surface area contributed by atoms with Crippen LogP contribution in [0.4, 0.5) is 0 Å². The van der Waals surface area contributed by atoms with E-state index in [1.807, 2.05) is 0 Å². The Morgan fingerprint density at radius 3 is 2.48 bits per heavy atom. The first kappa shape index (κ1) is 22.1. The van der Waals surface area contributed by atoms with Crippen molar-refractivity contribution in [1.29, 1.82) is 0 Å². The van der Waals surface area contributed by atoms with Crippen molar-refractivity contribution < 1.29 is 13.2 Å². The molecule has 0 bridgehead atoms. The molecular weight excluding hydrogens is 386 g/mol. The second-order valence-corrected chi connectivity index (χ2v) is 9.80. The highest BCUT2D eigenvalue weighted by Gasteiger charge is 2.32. The Bertz CT molecular complexity index is 755. The van der Waals surface area contributed by atoms with Crippen LogP contribution in [-0.4, -0.2) is 62.8 Å². The fourth-order valence-corrected chi connectivity index (χ4v) is 5.81. The standard InChI is InChI=1S/C19H29N3O3S.ClH/c1-14-9-15(2)13-22(12-14)26(24,25)18-6-4-5-16(10-18)19(23)21(3)17-7-8-20-11-17;/h4-6,10,14-15,17,20H,7-9,11-13H2,1-3H3;1H. The third kappa shape index (κ3) is 4.83. The van der Waals surface area contributed by atoms with Crippen LogP contribution >= 0.6 is 12.4 Å². The van der Waals surface area contributed by atoms with Gasteiger partial charge in [0.05, 0.1) is 4.90 Å². The molecule has 0 saturated carbocycles. The molecule has 3 unspecified atom stereocenters. The fourth-order valence-electron chi connectivity index (χ4n) is 4.08. The Morgan fingerprint density at radius 2 is 1.89 bits per heavy atom. The third-order valence-electron chi connectivity index (χ3n) is 5.46. The van der Waals surface area contributed by atoms with Gasteiger partial charge in [-0.15, -0.1) is 12.4 Å². The number of amides is 1. The molecule has 1 amide bonds. The van der Waals surface area contributed by atoms with Crippen molar-refractivity contribution in [2.24, 2.45) is 11.8 Å².